The van der Waals surface area contributed by atoms with Gasteiger partial charge < -0.3 is 4.90 Å². The summed E-state index contributed by atoms with van der Waals surface area (Å²) in [4.78, 5) is 2.31. The average molecular weight is 364 g/mol. The van der Waals surface area contributed by atoms with E-state index in [9.17, 15) is 5.26 Å². The Morgan fingerprint density at radius 1 is 0.714 bits per heavy atom. The van der Waals surface area contributed by atoms with E-state index in [2.05, 4.69) is 84.7 Å². The maximum Gasteiger partial charge on any atom is 0.100 e. The van der Waals surface area contributed by atoms with Crippen LogP contribution in [0.25, 0.3) is 21.5 Å². The highest BCUT2D eigenvalue weighted by Gasteiger charge is 2.13. The van der Waals surface area contributed by atoms with E-state index < -0.39 is 0 Å². The number of rotatable bonds is 6. The van der Waals surface area contributed by atoms with Crippen molar-refractivity contribution in [2.75, 3.05) is 18.5 Å². The molecular weight excluding hydrogens is 340 g/mol. The molecule has 0 aliphatic heterocycles. The van der Waals surface area contributed by atoms with E-state index in [-0.39, 0.29) is 0 Å². The maximum atomic E-state index is 9.75. The summed E-state index contributed by atoms with van der Waals surface area (Å²) in [5, 5.41) is 14.3. The fourth-order valence-electron chi connectivity index (χ4n) is 4.07. The molecule has 0 amide bonds. The molecule has 0 spiro atoms. The largest absolute Gasteiger partial charge is 0.375 e. The van der Waals surface area contributed by atoms with Crippen LogP contribution in [0.5, 0.6) is 0 Å². The molecule has 2 heteroatoms. The molecule has 4 rings (SSSR count). The topological polar surface area (TPSA) is 27.0 Å². The summed E-state index contributed by atoms with van der Waals surface area (Å²) in [6.07, 6.45) is 3.28. The number of fused-ring (bicyclic) bond motifs is 2. The highest BCUT2D eigenvalue weighted by molar-refractivity contribution is 6.07. The number of nitriles is 1. The van der Waals surface area contributed by atoms with Gasteiger partial charge in [0.25, 0.3) is 0 Å². The van der Waals surface area contributed by atoms with E-state index in [0.717, 1.165) is 42.1 Å². The Hall–Kier alpha value is -3.31. The first-order valence-electron chi connectivity index (χ1n) is 9.88. The molecule has 0 unspecified atom stereocenters. The van der Waals surface area contributed by atoms with E-state index in [1.165, 1.54) is 22.0 Å². The lowest BCUT2D eigenvalue weighted by Crippen LogP contribution is -2.18. The standard InChI is InChI=1S/C26H24N2/c1-28(20-11-3-2-4-12-20)18-10-9-17-21-22-13-5-7-15-24(22)26(19-27)25-16-8-6-14-23(21)25/h2-8,11-16H,9-10,17-18H2,1H3. The minimum absolute atomic E-state index is 0.791. The monoisotopic (exact) mass is 364 g/mol. The predicted octanol–water partition coefficient (Wildman–Crippen LogP) is 6.32. The van der Waals surface area contributed by atoms with Crippen molar-refractivity contribution in [1.82, 2.24) is 0 Å². The van der Waals surface area contributed by atoms with Gasteiger partial charge in [-0.15, -0.1) is 0 Å². The molecule has 138 valence electrons. The average Bonchev–Trinajstić information content (AvgIpc) is 2.76. The van der Waals surface area contributed by atoms with Crippen molar-refractivity contribution in [3.05, 3.63) is 90.0 Å². The molecule has 28 heavy (non-hydrogen) atoms. The number of benzene rings is 4. The number of hydrogen-bond acceptors (Lipinski definition) is 2. The molecule has 0 saturated carbocycles. The molecule has 2 nitrogen and oxygen atoms in total. The lowest BCUT2D eigenvalue weighted by atomic mass is 9.90. The zero-order valence-corrected chi connectivity index (χ0v) is 16.2. The van der Waals surface area contributed by atoms with Crippen LogP contribution < -0.4 is 4.90 Å². The van der Waals surface area contributed by atoms with E-state index in [1.54, 1.807) is 0 Å². The number of hydrogen-bond donors (Lipinski definition) is 0. The van der Waals surface area contributed by atoms with Crippen LogP contribution in [0, 0.1) is 11.3 Å². The molecule has 0 heterocycles. The second-order valence-electron chi connectivity index (χ2n) is 7.27. The summed E-state index contributed by atoms with van der Waals surface area (Å²) < 4.78 is 0. The van der Waals surface area contributed by atoms with E-state index in [4.69, 9.17) is 0 Å². The van der Waals surface area contributed by atoms with Crippen LogP contribution in [0.3, 0.4) is 0 Å². The van der Waals surface area contributed by atoms with Gasteiger partial charge in [0, 0.05) is 30.1 Å². The molecule has 0 bridgehead atoms. The van der Waals surface area contributed by atoms with Crippen LogP contribution in [0.1, 0.15) is 24.0 Å². The van der Waals surface area contributed by atoms with E-state index in [0.29, 0.717) is 0 Å². The third-order valence-corrected chi connectivity index (χ3v) is 5.52. The smallest absolute Gasteiger partial charge is 0.100 e. The summed E-state index contributed by atoms with van der Waals surface area (Å²) in [5.41, 5.74) is 3.42. The Morgan fingerprint density at radius 3 is 1.82 bits per heavy atom. The van der Waals surface area contributed by atoms with Crippen molar-refractivity contribution in [2.45, 2.75) is 19.3 Å². The van der Waals surface area contributed by atoms with Crippen LogP contribution >= 0.6 is 0 Å². The molecule has 0 atom stereocenters. The summed E-state index contributed by atoms with van der Waals surface area (Å²) >= 11 is 0. The van der Waals surface area contributed by atoms with Gasteiger partial charge in [0.05, 0.1) is 5.56 Å². The minimum atomic E-state index is 0.791. The van der Waals surface area contributed by atoms with Gasteiger partial charge in [-0.2, -0.15) is 5.26 Å². The number of aryl methyl sites for hydroxylation is 1. The van der Waals surface area contributed by atoms with Gasteiger partial charge in [-0.05, 0) is 47.7 Å². The van der Waals surface area contributed by atoms with Gasteiger partial charge in [-0.3, -0.25) is 0 Å². The number of anilines is 1. The first-order valence-corrected chi connectivity index (χ1v) is 9.88. The van der Waals surface area contributed by atoms with Gasteiger partial charge in [0.15, 0.2) is 0 Å². The normalized spacial score (nSPS) is 10.9. The Balaban J connectivity index is 1.59. The van der Waals surface area contributed by atoms with Crippen molar-refractivity contribution in [2.24, 2.45) is 0 Å². The number of unbranched alkanes of at least 4 members (excludes halogenated alkanes) is 1. The van der Waals surface area contributed by atoms with Gasteiger partial charge in [-0.1, -0.05) is 66.7 Å². The molecule has 4 aromatic carbocycles. The zero-order valence-electron chi connectivity index (χ0n) is 16.2. The maximum absolute atomic E-state index is 9.75. The zero-order chi connectivity index (χ0) is 19.3. The van der Waals surface area contributed by atoms with Gasteiger partial charge in [0.1, 0.15) is 6.07 Å². The van der Waals surface area contributed by atoms with E-state index in [1.807, 2.05) is 12.1 Å². The molecule has 4 aromatic rings. The Labute approximate surface area is 166 Å². The second-order valence-corrected chi connectivity index (χ2v) is 7.27. The molecule has 0 aromatic heterocycles. The van der Waals surface area contributed by atoms with Crippen LogP contribution in [0.2, 0.25) is 0 Å². The minimum Gasteiger partial charge on any atom is -0.375 e. The SMILES string of the molecule is CN(CCCCc1c2ccccc2c(C#N)c2ccccc12)c1ccccc1. The summed E-state index contributed by atoms with van der Waals surface area (Å²) in [6, 6.07) is 29.6. The highest BCUT2D eigenvalue weighted by Crippen LogP contribution is 2.33. The quantitative estimate of drug-likeness (QED) is 0.295. The molecule has 0 aliphatic rings. The Bertz CT molecular complexity index is 1080. The molecular formula is C26H24N2. The van der Waals surface area contributed by atoms with E-state index >= 15 is 0 Å². The number of para-hydroxylation sites is 1. The van der Waals surface area contributed by atoms with Crippen LogP contribution in [0.4, 0.5) is 5.69 Å². The highest BCUT2D eigenvalue weighted by atomic mass is 15.1. The molecule has 0 saturated heterocycles. The summed E-state index contributed by atoms with van der Waals surface area (Å²) in [6.45, 7) is 1.04. The Kier molecular flexibility index (Phi) is 5.26. The summed E-state index contributed by atoms with van der Waals surface area (Å²) in [7, 11) is 2.15. The molecule has 0 radical (unpaired) electrons. The molecule has 0 N–H and O–H groups in total. The third kappa shape index (κ3) is 3.44. The van der Waals surface area contributed by atoms with Gasteiger partial charge >= 0.3 is 0 Å². The van der Waals surface area contributed by atoms with Crippen molar-refractivity contribution in [3.63, 3.8) is 0 Å². The summed E-state index contributed by atoms with van der Waals surface area (Å²) in [5.74, 6) is 0. The second kappa shape index (κ2) is 8.15. The van der Waals surface area contributed by atoms with Crippen LogP contribution in [-0.2, 0) is 6.42 Å². The fourth-order valence-corrected chi connectivity index (χ4v) is 4.07. The molecule has 0 aliphatic carbocycles. The van der Waals surface area contributed by atoms with Crippen LogP contribution in [-0.4, -0.2) is 13.6 Å². The first-order chi connectivity index (χ1) is 13.8. The van der Waals surface area contributed by atoms with Crippen LogP contribution in [0.15, 0.2) is 78.9 Å². The molecule has 0 fully saturated rings. The number of nitrogens with zero attached hydrogens (tertiary/aromatic N) is 2. The van der Waals surface area contributed by atoms with Gasteiger partial charge in [0.2, 0.25) is 0 Å². The first kappa shape index (κ1) is 18.1. The van der Waals surface area contributed by atoms with Gasteiger partial charge in [-0.25, -0.2) is 0 Å². The Morgan fingerprint density at radius 2 is 1.25 bits per heavy atom. The predicted molar refractivity (Wildman–Crippen MR) is 119 cm³/mol. The third-order valence-electron chi connectivity index (χ3n) is 5.52. The van der Waals surface area contributed by atoms with Crippen molar-refractivity contribution in [3.8, 4) is 6.07 Å². The fraction of sp³-hybridized carbons (Fsp3) is 0.192. The van der Waals surface area contributed by atoms with Crippen molar-refractivity contribution < 1.29 is 0 Å². The lowest BCUT2D eigenvalue weighted by molar-refractivity contribution is 0.723. The lowest BCUT2D eigenvalue weighted by Gasteiger charge is -2.19. The van der Waals surface area contributed by atoms with Crippen molar-refractivity contribution in [1.29, 1.82) is 5.26 Å². The van der Waals surface area contributed by atoms with Crippen molar-refractivity contribution >= 4 is 27.2 Å².